The van der Waals surface area contributed by atoms with Crippen molar-refractivity contribution in [2.75, 3.05) is 44.7 Å². The Labute approximate surface area is 126 Å². The van der Waals surface area contributed by atoms with Crippen LogP contribution in [0.1, 0.15) is 33.5 Å². The normalized spacial score (nSPS) is 15.9. The summed E-state index contributed by atoms with van der Waals surface area (Å²) in [6.45, 7) is 6.48. The largest absolute Gasteiger partial charge is 0.476 e. The Balaban J connectivity index is 1.81. The minimum Gasteiger partial charge on any atom is -0.476 e. The van der Waals surface area contributed by atoms with Crippen LogP contribution < -0.4 is 5.32 Å². The van der Waals surface area contributed by atoms with E-state index in [-0.39, 0.29) is 16.4 Å². The fourth-order valence-electron chi connectivity index (χ4n) is 2.10. The van der Waals surface area contributed by atoms with Crippen molar-refractivity contribution >= 4 is 28.2 Å². The van der Waals surface area contributed by atoms with Gasteiger partial charge in [-0.2, -0.15) is 0 Å². The Morgan fingerprint density at radius 3 is 2.71 bits per heavy atom. The number of nitrogens with one attached hydrogen (secondary N) is 1. The molecule has 0 bridgehead atoms. The number of carboxylic acid groups (broad SMARTS) is 1. The molecule has 0 atom stereocenters. The average molecular weight is 313 g/mol. The monoisotopic (exact) mass is 313 g/mol. The number of ketones is 1. The molecule has 1 aromatic rings. The topological polar surface area (TPSA) is 91.8 Å². The lowest BCUT2D eigenvalue weighted by molar-refractivity contribution is 0.0378. The Kier molecular flexibility index (Phi) is 5.66. The predicted octanol–water partition coefficient (Wildman–Crippen LogP) is 1.18. The van der Waals surface area contributed by atoms with E-state index in [1.807, 2.05) is 0 Å². The Morgan fingerprint density at radius 1 is 1.43 bits per heavy atom. The van der Waals surface area contributed by atoms with Gasteiger partial charge in [0, 0.05) is 26.6 Å². The number of carbonyl (C=O) groups is 2. The van der Waals surface area contributed by atoms with Crippen LogP contribution in [0.4, 0.5) is 5.13 Å². The summed E-state index contributed by atoms with van der Waals surface area (Å²) in [4.78, 5) is 28.9. The minimum atomic E-state index is -1.17. The molecule has 1 aliphatic rings. The Hall–Kier alpha value is -1.51. The van der Waals surface area contributed by atoms with E-state index in [1.165, 1.54) is 6.92 Å². The van der Waals surface area contributed by atoms with Gasteiger partial charge in [0.25, 0.3) is 0 Å². The number of rotatable bonds is 7. The van der Waals surface area contributed by atoms with E-state index in [1.54, 1.807) is 0 Å². The van der Waals surface area contributed by atoms with Gasteiger partial charge in [-0.1, -0.05) is 11.3 Å². The number of thiazole rings is 1. The molecule has 116 valence electrons. The molecule has 1 fully saturated rings. The summed E-state index contributed by atoms with van der Waals surface area (Å²) >= 11 is 1.10. The molecule has 2 rings (SSSR count). The Morgan fingerprint density at radius 2 is 2.14 bits per heavy atom. The third kappa shape index (κ3) is 4.48. The van der Waals surface area contributed by atoms with Crippen molar-refractivity contribution in [1.82, 2.24) is 9.88 Å². The fraction of sp³-hybridized carbons (Fsp3) is 0.615. The number of anilines is 1. The third-order valence-corrected chi connectivity index (χ3v) is 4.29. The summed E-state index contributed by atoms with van der Waals surface area (Å²) in [7, 11) is 0. The van der Waals surface area contributed by atoms with Gasteiger partial charge in [-0.05, 0) is 13.0 Å². The SMILES string of the molecule is CC(=O)c1sc(NCCCN2CCOCC2)nc1C(=O)O. The molecular weight excluding hydrogens is 294 g/mol. The van der Waals surface area contributed by atoms with Crippen molar-refractivity contribution in [2.45, 2.75) is 13.3 Å². The zero-order chi connectivity index (χ0) is 15.2. The highest BCUT2D eigenvalue weighted by Gasteiger charge is 2.20. The van der Waals surface area contributed by atoms with Crippen LogP contribution in [0.15, 0.2) is 0 Å². The molecule has 21 heavy (non-hydrogen) atoms. The summed E-state index contributed by atoms with van der Waals surface area (Å²) in [6, 6.07) is 0. The molecule has 0 aliphatic carbocycles. The van der Waals surface area contributed by atoms with Crippen LogP contribution in [0.3, 0.4) is 0 Å². The van der Waals surface area contributed by atoms with Gasteiger partial charge >= 0.3 is 5.97 Å². The highest BCUT2D eigenvalue weighted by Crippen LogP contribution is 2.23. The van der Waals surface area contributed by atoms with Gasteiger partial charge in [0.1, 0.15) is 4.88 Å². The number of morpholine rings is 1. The Bertz CT molecular complexity index is 480. The van der Waals surface area contributed by atoms with E-state index in [4.69, 9.17) is 9.84 Å². The van der Waals surface area contributed by atoms with Gasteiger partial charge in [0.05, 0.1) is 13.2 Å². The maximum Gasteiger partial charge on any atom is 0.356 e. The molecular formula is C13H19N3O4S. The van der Waals surface area contributed by atoms with E-state index < -0.39 is 5.97 Å². The predicted molar refractivity (Wildman–Crippen MR) is 79.4 cm³/mol. The first-order valence-electron chi connectivity index (χ1n) is 6.87. The second kappa shape index (κ2) is 7.48. The molecule has 1 saturated heterocycles. The van der Waals surface area contributed by atoms with E-state index in [0.717, 1.165) is 50.6 Å². The second-order valence-corrected chi connectivity index (χ2v) is 5.79. The lowest BCUT2D eigenvalue weighted by Crippen LogP contribution is -2.37. The van der Waals surface area contributed by atoms with Gasteiger partial charge in [0.15, 0.2) is 16.6 Å². The number of hydrogen-bond acceptors (Lipinski definition) is 7. The number of aromatic carboxylic acids is 1. The molecule has 2 N–H and O–H groups in total. The molecule has 0 saturated carbocycles. The standard InChI is InChI=1S/C13H19N3O4S/c1-9(17)11-10(12(18)19)15-13(21-11)14-3-2-4-16-5-7-20-8-6-16/h2-8H2,1H3,(H,14,15)(H,18,19). The van der Waals surface area contributed by atoms with Crippen LogP contribution in [0.2, 0.25) is 0 Å². The van der Waals surface area contributed by atoms with E-state index >= 15 is 0 Å². The molecule has 2 heterocycles. The van der Waals surface area contributed by atoms with Crippen molar-refractivity contribution in [3.8, 4) is 0 Å². The number of carbonyl (C=O) groups excluding carboxylic acids is 1. The van der Waals surface area contributed by atoms with E-state index in [9.17, 15) is 9.59 Å². The van der Waals surface area contributed by atoms with Crippen LogP contribution in [0, 0.1) is 0 Å². The van der Waals surface area contributed by atoms with Crippen LogP contribution in [0.5, 0.6) is 0 Å². The molecule has 0 radical (unpaired) electrons. The summed E-state index contributed by atoms with van der Waals surface area (Å²) in [6.07, 6.45) is 0.928. The zero-order valence-electron chi connectivity index (χ0n) is 11.9. The molecule has 8 heteroatoms. The van der Waals surface area contributed by atoms with E-state index in [2.05, 4.69) is 15.2 Å². The van der Waals surface area contributed by atoms with Crippen LogP contribution >= 0.6 is 11.3 Å². The van der Waals surface area contributed by atoms with Crippen LogP contribution in [-0.2, 0) is 4.74 Å². The zero-order valence-corrected chi connectivity index (χ0v) is 12.7. The second-order valence-electron chi connectivity index (χ2n) is 4.79. The van der Waals surface area contributed by atoms with Gasteiger partial charge in [-0.25, -0.2) is 9.78 Å². The highest BCUT2D eigenvalue weighted by atomic mass is 32.1. The lowest BCUT2D eigenvalue weighted by Gasteiger charge is -2.26. The van der Waals surface area contributed by atoms with Crippen molar-refractivity contribution < 1.29 is 19.4 Å². The summed E-state index contributed by atoms with van der Waals surface area (Å²) in [5.74, 6) is -1.44. The summed E-state index contributed by atoms with van der Waals surface area (Å²) < 4.78 is 5.28. The lowest BCUT2D eigenvalue weighted by atomic mass is 10.3. The molecule has 0 amide bonds. The van der Waals surface area contributed by atoms with Crippen molar-refractivity contribution in [1.29, 1.82) is 0 Å². The van der Waals surface area contributed by atoms with Crippen molar-refractivity contribution in [3.63, 3.8) is 0 Å². The van der Waals surface area contributed by atoms with E-state index in [0.29, 0.717) is 11.7 Å². The molecule has 0 spiro atoms. The summed E-state index contributed by atoms with van der Waals surface area (Å²) in [5, 5.41) is 12.6. The number of carboxylic acids is 1. The highest BCUT2D eigenvalue weighted by molar-refractivity contribution is 7.17. The van der Waals surface area contributed by atoms with Gasteiger partial charge in [-0.15, -0.1) is 0 Å². The van der Waals surface area contributed by atoms with Gasteiger partial charge < -0.3 is 15.2 Å². The maximum atomic E-state index is 11.4. The number of aromatic nitrogens is 1. The van der Waals surface area contributed by atoms with Gasteiger partial charge in [0.2, 0.25) is 0 Å². The smallest absolute Gasteiger partial charge is 0.356 e. The fourth-order valence-corrected chi connectivity index (χ4v) is 2.98. The quantitative estimate of drug-likeness (QED) is 0.577. The number of Topliss-reactive ketones (excluding diaryl/α,β-unsaturated/α-hetero) is 1. The van der Waals surface area contributed by atoms with Gasteiger partial charge in [-0.3, -0.25) is 9.69 Å². The minimum absolute atomic E-state index is 0.164. The first kappa shape index (κ1) is 15.9. The summed E-state index contributed by atoms with van der Waals surface area (Å²) in [5.41, 5.74) is -0.164. The number of ether oxygens (including phenoxy) is 1. The molecule has 1 aliphatic heterocycles. The first-order valence-corrected chi connectivity index (χ1v) is 7.68. The first-order chi connectivity index (χ1) is 10.1. The molecule has 7 nitrogen and oxygen atoms in total. The number of hydrogen-bond donors (Lipinski definition) is 2. The van der Waals surface area contributed by atoms with Crippen molar-refractivity contribution in [3.05, 3.63) is 10.6 Å². The number of nitrogens with zero attached hydrogens (tertiary/aromatic N) is 2. The third-order valence-electron chi connectivity index (χ3n) is 3.18. The maximum absolute atomic E-state index is 11.4. The van der Waals surface area contributed by atoms with Crippen LogP contribution in [0.25, 0.3) is 0 Å². The molecule has 1 aromatic heterocycles. The van der Waals surface area contributed by atoms with Crippen molar-refractivity contribution in [2.24, 2.45) is 0 Å². The average Bonchev–Trinajstić information content (AvgIpc) is 2.89. The molecule has 0 aromatic carbocycles. The molecule has 0 unspecified atom stereocenters. The van der Waals surface area contributed by atoms with Crippen LogP contribution in [-0.4, -0.2) is 66.1 Å².